The van der Waals surface area contributed by atoms with Gasteiger partial charge in [-0.25, -0.2) is 8.42 Å². The molecule has 0 aromatic heterocycles. The highest BCUT2D eigenvalue weighted by Gasteiger charge is 2.24. The van der Waals surface area contributed by atoms with E-state index in [1.807, 2.05) is 13.8 Å². The maximum Gasteiger partial charge on any atom is 0.243 e. The smallest absolute Gasteiger partial charge is 0.243 e. The highest BCUT2D eigenvalue weighted by Crippen LogP contribution is 2.29. The number of methoxy groups -OCH3 is 1. The maximum absolute atomic E-state index is 12.8. The Hall–Kier alpha value is -1.38. The Morgan fingerprint density at radius 3 is 2.52 bits per heavy atom. The Kier molecular flexibility index (Phi) is 7.88. The van der Waals surface area contributed by atoms with E-state index in [-0.39, 0.29) is 4.90 Å². The fraction of sp³-hybridized carbons (Fsp3) is 0.632. The molecule has 0 aliphatic heterocycles. The summed E-state index contributed by atoms with van der Waals surface area (Å²) in [5, 5.41) is 7.00. The molecule has 0 heterocycles. The number of hydrogen-bond acceptors (Lipinski definition) is 4. The van der Waals surface area contributed by atoms with E-state index in [4.69, 9.17) is 17.0 Å². The van der Waals surface area contributed by atoms with E-state index in [1.165, 1.54) is 23.6 Å². The molecule has 2 atom stereocenters. The van der Waals surface area contributed by atoms with Crippen molar-refractivity contribution in [2.24, 2.45) is 5.92 Å². The maximum atomic E-state index is 12.8. The molecular weight excluding hydrogens is 382 g/mol. The van der Waals surface area contributed by atoms with Gasteiger partial charge in [0, 0.05) is 19.1 Å². The molecule has 8 heteroatoms. The predicted molar refractivity (Wildman–Crippen MR) is 114 cm³/mol. The van der Waals surface area contributed by atoms with Gasteiger partial charge < -0.3 is 15.4 Å². The van der Waals surface area contributed by atoms with Crippen molar-refractivity contribution in [3.63, 3.8) is 0 Å². The lowest BCUT2D eigenvalue weighted by atomic mass is 9.86. The average molecular weight is 414 g/mol. The van der Waals surface area contributed by atoms with E-state index in [9.17, 15) is 8.42 Å². The van der Waals surface area contributed by atoms with Gasteiger partial charge in [-0.2, -0.15) is 4.31 Å². The van der Waals surface area contributed by atoms with E-state index in [1.54, 1.807) is 25.3 Å². The Bertz CT molecular complexity index is 749. The summed E-state index contributed by atoms with van der Waals surface area (Å²) in [6, 6.07) is 5.15. The van der Waals surface area contributed by atoms with E-state index in [0.29, 0.717) is 41.6 Å². The Morgan fingerprint density at radius 2 is 1.93 bits per heavy atom. The number of nitrogens with zero attached hydrogens (tertiary/aromatic N) is 1. The van der Waals surface area contributed by atoms with Crippen molar-refractivity contribution in [1.29, 1.82) is 0 Å². The van der Waals surface area contributed by atoms with Gasteiger partial charge in [0.05, 0.1) is 17.7 Å². The molecule has 2 N–H and O–H groups in total. The second-order valence-electron chi connectivity index (χ2n) is 6.92. The van der Waals surface area contributed by atoms with Gasteiger partial charge in [-0.15, -0.1) is 0 Å². The molecule has 1 saturated carbocycles. The zero-order valence-corrected chi connectivity index (χ0v) is 18.3. The average Bonchev–Trinajstić information content (AvgIpc) is 2.64. The molecule has 0 radical (unpaired) electrons. The summed E-state index contributed by atoms with van der Waals surface area (Å²) in [5.74, 6) is 1.11. The van der Waals surface area contributed by atoms with Crippen LogP contribution in [0.25, 0.3) is 0 Å². The largest absolute Gasteiger partial charge is 0.495 e. The van der Waals surface area contributed by atoms with Gasteiger partial charge >= 0.3 is 0 Å². The third-order valence-electron chi connectivity index (χ3n) is 5.19. The molecule has 1 aromatic carbocycles. The van der Waals surface area contributed by atoms with Crippen LogP contribution in [0.5, 0.6) is 5.75 Å². The third-order valence-corrected chi connectivity index (χ3v) is 7.46. The summed E-state index contributed by atoms with van der Waals surface area (Å²) in [7, 11) is -1.99. The van der Waals surface area contributed by atoms with Crippen molar-refractivity contribution in [3.8, 4) is 5.75 Å². The standard InChI is InChI=1S/C19H31N3O3S2/c1-5-22(6-2)27(23,24)15-11-12-18(25-4)17(13-15)21-19(26)20-16-10-8-7-9-14(16)3/h11-14,16H,5-10H2,1-4H3,(H2,20,21,26)/t14-,16+/m0/s1. The molecular formula is C19H31N3O3S2. The van der Waals surface area contributed by atoms with Gasteiger partial charge in [-0.3, -0.25) is 0 Å². The van der Waals surface area contributed by atoms with Gasteiger partial charge in [0.2, 0.25) is 10.0 Å². The van der Waals surface area contributed by atoms with Crippen LogP contribution in [0.4, 0.5) is 5.69 Å². The summed E-state index contributed by atoms with van der Waals surface area (Å²) in [6.07, 6.45) is 4.75. The normalized spacial score (nSPS) is 20.3. The monoisotopic (exact) mass is 413 g/mol. The van der Waals surface area contributed by atoms with Crippen molar-refractivity contribution in [1.82, 2.24) is 9.62 Å². The van der Waals surface area contributed by atoms with Gasteiger partial charge in [-0.1, -0.05) is 33.6 Å². The Morgan fingerprint density at radius 1 is 1.26 bits per heavy atom. The van der Waals surface area contributed by atoms with E-state index >= 15 is 0 Å². The van der Waals surface area contributed by atoms with Crippen molar-refractivity contribution in [2.45, 2.75) is 57.4 Å². The third kappa shape index (κ3) is 5.33. The molecule has 0 bridgehead atoms. The summed E-state index contributed by atoms with van der Waals surface area (Å²) < 4.78 is 32.4. The van der Waals surface area contributed by atoms with Crippen LogP contribution >= 0.6 is 12.2 Å². The van der Waals surface area contributed by atoms with E-state index < -0.39 is 10.0 Å². The minimum Gasteiger partial charge on any atom is -0.495 e. The number of hydrogen-bond donors (Lipinski definition) is 2. The highest BCUT2D eigenvalue weighted by molar-refractivity contribution is 7.89. The van der Waals surface area contributed by atoms with Crippen LogP contribution in [0.3, 0.4) is 0 Å². The summed E-state index contributed by atoms with van der Waals surface area (Å²) in [6.45, 7) is 6.74. The molecule has 1 aromatic rings. The molecule has 1 aliphatic rings. The second kappa shape index (κ2) is 9.71. The number of ether oxygens (including phenoxy) is 1. The van der Waals surface area contributed by atoms with E-state index in [0.717, 1.165) is 6.42 Å². The van der Waals surface area contributed by atoms with Crippen LogP contribution in [0.15, 0.2) is 23.1 Å². The zero-order chi connectivity index (χ0) is 20.0. The summed E-state index contributed by atoms with van der Waals surface area (Å²) in [4.78, 5) is 0.225. The molecule has 6 nitrogen and oxygen atoms in total. The molecule has 0 spiro atoms. The topological polar surface area (TPSA) is 70.7 Å². The number of benzene rings is 1. The lowest BCUT2D eigenvalue weighted by Gasteiger charge is -2.30. The fourth-order valence-corrected chi connectivity index (χ4v) is 5.26. The molecule has 1 aliphatic carbocycles. The molecule has 0 saturated heterocycles. The molecule has 0 unspecified atom stereocenters. The highest BCUT2D eigenvalue weighted by atomic mass is 32.2. The van der Waals surface area contributed by atoms with Gasteiger partial charge in [0.15, 0.2) is 5.11 Å². The summed E-state index contributed by atoms with van der Waals surface area (Å²) in [5.41, 5.74) is 0.548. The number of thiocarbonyl (C=S) groups is 1. The van der Waals surface area contributed by atoms with E-state index in [2.05, 4.69) is 17.6 Å². The minimum atomic E-state index is -3.55. The Balaban J connectivity index is 2.21. The van der Waals surface area contributed by atoms with Gasteiger partial charge in [-0.05, 0) is 49.2 Å². The minimum absolute atomic E-state index is 0.225. The SMILES string of the molecule is CCN(CC)S(=O)(=O)c1ccc(OC)c(NC(=S)N[C@@H]2CCCC[C@@H]2C)c1. The predicted octanol–water partition coefficient (Wildman–Crippen LogP) is 3.59. The van der Waals surface area contributed by atoms with Crippen molar-refractivity contribution in [3.05, 3.63) is 18.2 Å². The quantitative estimate of drug-likeness (QED) is 0.666. The number of anilines is 1. The summed E-state index contributed by atoms with van der Waals surface area (Å²) >= 11 is 5.47. The van der Waals surface area contributed by atoms with Gasteiger partial charge in [0.1, 0.15) is 5.75 Å². The first-order valence-corrected chi connectivity index (χ1v) is 11.4. The van der Waals surface area contributed by atoms with Crippen LogP contribution in [-0.4, -0.2) is 44.1 Å². The van der Waals surface area contributed by atoms with Crippen LogP contribution in [0, 0.1) is 5.92 Å². The van der Waals surface area contributed by atoms with Crippen LogP contribution < -0.4 is 15.4 Å². The molecule has 0 amide bonds. The van der Waals surface area contributed by atoms with Crippen molar-refractivity contribution < 1.29 is 13.2 Å². The first-order chi connectivity index (χ1) is 12.8. The molecule has 1 fully saturated rings. The van der Waals surface area contributed by atoms with Crippen LogP contribution in [-0.2, 0) is 10.0 Å². The molecule has 2 rings (SSSR count). The van der Waals surface area contributed by atoms with Crippen LogP contribution in [0.2, 0.25) is 0 Å². The molecule has 152 valence electrons. The van der Waals surface area contributed by atoms with Crippen molar-refractivity contribution in [2.75, 3.05) is 25.5 Å². The zero-order valence-electron chi connectivity index (χ0n) is 16.6. The van der Waals surface area contributed by atoms with Gasteiger partial charge in [0.25, 0.3) is 0 Å². The first-order valence-electron chi connectivity index (χ1n) is 9.59. The number of sulfonamides is 1. The molecule has 27 heavy (non-hydrogen) atoms. The lowest BCUT2D eigenvalue weighted by molar-refractivity contribution is 0.309. The first kappa shape index (κ1) is 21.9. The van der Waals surface area contributed by atoms with Crippen LogP contribution in [0.1, 0.15) is 46.5 Å². The fourth-order valence-electron chi connectivity index (χ4n) is 3.52. The second-order valence-corrected chi connectivity index (χ2v) is 9.26. The van der Waals surface area contributed by atoms with Crippen molar-refractivity contribution >= 4 is 33.0 Å². The Labute approximate surface area is 168 Å². The number of nitrogens with one attached hydrogen (secondary N) is 2. The number of rotatable bonds is 7. The lowest BCUT2D eigenvalue weighted by Crippen LogP contribution is -2.43.